The van der Waals surface area contributed by atoms with Crippen molar-refractivity contribution in [3.05, 3.63) is 77.0 Å². The third kappa shape index (κ3) is 4.63. The maximum atomic E-state index is 13.6. The predicted octanol–water partition coefficient (Wildman–Crippen LogP) is 4.22. The summed E-state index contributed by atoms with van der Waals surface area (Å²) in [7, 11) is 1.64. The zero-order chi connectivity index (χ0) is 26.9. The topological polar surface area (TPSA) is 102 Å². The van der Waals surface area contributed by atoms with E-state index in [9.17, 15) is 14.9 Å². The van der Waals surface area contributed by atoms with E-state index < -0.39 is 0 Å². The number of hydrogen-bond donors (Lipinski definition) is 1. The minimum atomic E-state index is -0.174. The minimum Gasteiger partial charge on any atom is -0.497 e. The summed E-state index contributed by atoms with van der Waals surface area (Å²) < 4.78 is 5.35. The smallest absolute Gasteiger partial charge is 0.322 e. The van der Waals surface area contributed by atoms with Crippen LogP contribution in [0.25, 0.3) is 0 Å². The molecule has 3 aliphatic heterocycles. The van der Waals surface area contributed by atoms with E-state index >= 15 is 0 Å². The van der Waals surface area contributed by atoms with E-state index in [4.69, 9.17) is 4.74 Å². The molecule has 0 radical (unpaired) electrons. The standard InChI is InChI=1S/C30H30N6O3/c1-39-24-6-7-26-21(16-24)9-14-35(30(38)33-26)23-10-12-34(13-11-23)28-17-25(22(18-31)19-32-28)29(37)36-15-8-20-4-2-3-5-27(20)36/h2-7,16-17,19,23H,8-15H2,1H3,(H,33,38). The highest BCUT2D eigenvalue weighted by atomic mass is 16.5. The molecule has 198 valence electrons. The molecule has 9 nitrogen and oxygen atoms in total. The second-order valence-electron chi connectivity index (χ2n) is 10.2. The molecular formula is C30H30N6O3. The van der Waals surface area contributed by atoms with Crippen molar-refractivity contribution in [3.63, 3.8) is 0 Å². The summed E-state index contributed by atoms with van der Waals surface area (Å²) in [4.78, 5) is 37.0. The molecule has 1 aromatic heterocycles. The van der Waals surface area contributed by atoms with Crippen LogP contribution in [-0.4, -0.2) is 61.2 Å². The van der Waals surface area contributed by atoms with E-state index in [1.54, 1.807) is 18.1 Å². The van der Waals surface area contributed by atoms with Crippen molar-refractivity contribution in [2.75, 3.05) is 48.4 Å². The lowest BCUT2D eigenvalue weighted by Gasteiger charge is -2.38. The lowest BCUT2D eigenvalue weighted by Crippen LogP contribution is -2.49. The number of carbonyl (C=O) groups excluding carboxylic acids is 2. The first-order valence-corrected chi connectivity index (χ1v) is 13.3. The summed E-state index contributed by atoms with van der Waals surface area (Å²) in [5.41, 5.74) is 4.60. The van der Waals surface area contributed by atoms with Crippen LogP contribution in [0.3, 0.4) is 0 Å². The molecule has 3 aliphatic rings. The van der Waals surface area contributed by atoms with E-state index in [0.29, 0.717) is 37.6 Å². The van der Waals surface area contributed by atoms with E-state index in [1.807, 2.05) is 47.4 Å². The molecule has 3 aromatic rings. The number of rotatable bonds is 4. The average molecular weight is 523 g/mol. The number of ether oxygens (including phenoxy) is 1. The number of hydrogen-bond acceptors (Lipinski definition) is 6. The van der Waals surface area contributed by atoms with Gasteiger partial charge in [-0.1, -0.05) is 18.2 Å². The van der Waals surface area contributed by atoms with Crippen LogP contribution in [0.2, 0.25) is 0 Å². The van der Waals surface area contributed by atoms with Crippen LogP contribution in [0.4, 0.5) is 22.0 Å². The summed E-state index contributed by atoms with van der Waals surface area (Å²) in [6, 6.07) is 17.6. The first-order valence-electron chi connectivity index (χ1n) is 13.3. The van der Waals surface area contributed by atoms with Gasteiger partial charge in [0, 0.05) is 49.8 Å². The molecule has 1 saturated heterocycles. The molecule has 1 N–H and O–H groups in total. The number of anilines is 3. The second kappa shape index (κ2) is 10.3. The quantitative estimate of drug-likeness (QED) is 0.551. The van der Waals surface area contributed by atoms with Gasteiger partial charge in [0.05, 0.1) is 18.2 Å². The third-order valence-corrected chi connectivity index (χ3v) is 8.04. The van der Waals surface area contributed by atoms with Crippen LogP contribution in [0, 0.1) is 11.3 Å². The summed E-state index contributed by atoms with van der Waals surface area (Å²) in [6.45, 7) is 2.64. The van der Waals surface area contributed by atoms with Gasteiger partial charge in [-0.05, 0) is 67.1 Å². The van der Waals surface area contributed by atoms with Gasteiger partial charge in [-0.25, -0.2) is 9.78 Å². The SMILES string of the molecule is COc1ccc2c(c1)CCN(C1CCN(c3cc(C(=O)N4CCc5ccccc54)c(C#N)cn3)CC1)C(=O)N2. The Bertz CT molecular complexity index is 1470. The monoisotopic (exact) mass is 522 g/mol. The number of carbonyl (C=O) groups is 2. The van der Waals surface area contributed by atoms with Gasteiger partial charge < -0.3 is 24.8 Å². The fraction of sp³-hybridized carbons (Fsp3) is 0.333. The number of nitriles is 1. The number of nitrogens with one attached hydrogen (secondary N) is 1. The Balaban J connectivity index is 1.15. The molecule has 0 atom stereocenters. The fourth-order valence-corrected chi connectivity index (χ4v) is 5.89. The summed E-state index contributed by atoms with van der Waals surface area (Å²) >= 11 is 0. The molecule has 0 spiro atoms. The Morgan fingerprint density at radius 1 is 1.05 bits per heavy atom. The van der Waals surface area contributed by atoms with Gasteiger partial charge >= 0.3 is 6.03 Å². The summed E-state index contributed by atoms with van der Waals surface area (Å²) in [6.07, 6.45) is 4.64. The van der Waals surface area contributed by atoms with Crippen LogP contribution in [0.5, 0.6) is 5.75 Å². The maximum absolute atomic E-state index is 13.6. The zero-order valence-electron chi connectivity index (χ0n) is 21.9. The molecule has 9 heteroatoms. The Hall–Kier alpha value is -4.58. The number of urea groups is 1. The van der Waals surface area contributed by atoms with Crippen molar-refractivity contribution in [2.45, 2.75) is 31.7 Å². The second-order valence-corrected chi connectivity index (χ2v) is 10.2. The van der Waals surface area contributed by atoms with E-state index in [2.05, 4.69) is 21.3 Å². The zero-order valence-corrected chi connectivity index (χ0v) is 21.9. The third-order valence-electron chi connectivity index (χ3n) is 8.04. The van der Waals surface area contributed by atoms with Gasteiger partial charge in [-0.3, -0.25) is 4.79 Å². The molecule has 2 aromatic carbocycles. The molecule has 3 amide bonds. The van der Waals surface area contributed by atoms with Gasteiger partial charge in [0.2, 0.25) is 0 Å². The first kappa shape index (κ1) is 24.7. The molecule has 1 fully saturated rings. The number of aromatic nitrogens is 1. The normalized spacial score (nSPS) is 17.1. The van der Waals surface area contributed by atoms with Gasteiger partial charge in [-0.2, -0.15) is 5.26 Å². The Kier molecular flexibility index (Phi) is 6.53. The number of benzene rings is 2. The minimum absolute atomic E-state index is 0.0763. The van der Waals surface area contributed by atoms with Gasteiger partial charge in [-0.15, -0.1) is 0 Å². The number of amides is 3. The molecule has 0 aliphatic carbocycles. The Morgan fingerprint density at radius 3 is 2.64 bits per heavy atom. The van der Waals surface area contributed by atoms with Crippen molar-refractivity contribution in [2.24, 2.45) is 0 Å². The highest BCUT2D eigenvalue weighted by molar-refractivity contribution is 6.09. The number of fused-ring (bicyclic) bond motifs is 2. The molecule has 0 saturated carbocycles. The molecule has 39 heavy (non-hydrogen) atoms. The first-order chi connectivity index (χ1) is 19.1. The lowest BCUT2D eigenvalue weighted by molar-refractivity contribution is 0.0989. The van der Waals surface area contributed by atoms with Gasteiger partial charge in [0.15, 0.2) is 0 Å². The van der Waals surface area contributed by atoms with Crippen molar-refractivity contribution < 1.29 is 14.3 Å². The molecule has 4 heterocycles. The number of methoxy groups -OCH3 is 1. The highest BCUT2D eigenvalue weighted by Gasteiger charge is 2.32. The van der Waals surface area contributed by atoms with Crippen LogP contribution in [-0.2, 0) is 12.8 Å². The average Bonchev–Trinajstić information content (AvgIpc) is 3.34. The fourth-order valence-electron chi connectivity index (χ4n) is 5.89. The van der Waals surface area contributed by atoms with Crippen molar-refractivity contribution in [3.8, 4) is 11.8 Å². The van der Waals surface area contributed by atoms with Crippen LogP contribution in [0.1, 0.15) is 39.9 Å². The van der Waals surface area contributed by atoms with E-state index in [-0.39, 0.29) is 23.5 Å². The van der Waals surface area contributed by atoms with E-state index in [1.165, 1.54) is 6.20 Å². The summed E-state index contributed by atoms with van der Waals surface area (Å²) in [5.74, 6) is 1.29. The van der Waals surface area contributed by atoms with Gasteiger partial charge in [0.1, 0.15) is 17.6 Å². The largest absolute Gasteiger partial charge is 0.497 e. The number of piperidine rings is 1. The van der Waals surface area contributed by atoms with Crippen molar-refractivity contribution in [1.29, 1.82) is 5.26 Å². The molecule has 0 unspecified atom stereocenters. The summed E-state index contributed by atoms with van der Waals surface area (Å²) in [5, 5.41) is 12.8. The molecular weight excluding hydrogens is 492 g/mol. The van der Waals surface area contributed by atoms with Crippen molar-refractivity contribution >= 4 is 29.1 Å². The number of nitrogens with zero attached hydrogens (tertiary/aromatic N) is 5. The molecule has 0 bridgehead atoms. The predicted molar refractivity (Wildman–Crippen MR) is 148 cm³/mol. The highest BCUT2D eigenvalue weighted by Crippen LogP contribution is 2.31. The van der Waals surface area contributed by atoms with Crippen molar-refractivity contribution in [1.82, 2.24) is 9.88 Å². The van der Waals surface area contributed by atoms with Crippen LogP contribution >= 0.6 is 0 Å². The van der Waals surface area contributed by atoms with Crippen LogP contribution in [0.15, 0.2) is 54.7 Å². The maximum Gasteiger partial charge on any atom is 0.322 e. The van der Waals surface area contributed by atoms with E-state index in [0.717, 1.165) is 53.9 Å². The number of pyridine rings is 1. The lowest BCUT2D eigenvalue weighted by atomic mass is 10.0. The molecule has 6 rings (SSSR count). The Labute approximate surface area is 227 Å². The van der Waals surface area contributed by atoms with Gasteiger partial charge in [0.25, 0.3) is 5.91 Å². The van der Waals surface area contributed by atoms with Crippen LogP contribution < -0.4 is 19.9 Å². The Morgan fingerprint density at radius 2 is 1.85 bits per heavy atom. The number of para-hydroxylation sites is 1.